The minimum absolute atomic E-state index is 0.265. The first kappa shape index (κ1) is 53.1. The molecule has 32 nitrogen and oxygen atoms in total. The van der Waals surface area contributed by atoms with E-state index < -0.39 is 187 Å². The number of nitrogens with two attached hydrogens (primary N) is 1. The number of hydrogen-bond donors (Lipinski definition) is 10. The minimum atomic E-state index is -5.72. The van der Waals surface area contributed by atoms with Crippen LogP contribution in [0.25, 0.3) is 21.5 Å². The van der Waals surface area contributed by atoms with E-state index in [4.69, 9.17) is 10.5 Å². The fourth-order valence-corrected chi connectivity index (χ4v) is 9.97. The molecule has 378 valence electrons. The number of fused-ring (bicyclic) bond motifs is 2. The van der Waals surface area contributed by atoms with Crippen LogP contribution in [0.5, 0.6) is 17.2 Å². The van der Waals surface area contributed by atoms with Crippen LogP contribution in [-0.2, 0) is 50.6 Å². The van der Waals surface area contributed by atoms with Crippen LogP contribution in [0, 0.1) is 10.1 Å². The van der Waals surface area contributed by atoms with E-state index in [0.717, 1.165) is 25.3 Å². The predicted octanol–water partition coefficient (Wildman–Crippen LogP) is 5.78. The molecule has 0 aliphatic heterocycles. The zero-order valence-corrected chi connectivity index (χ0v) is 38.8. The van der Waals surface area contributed by atoms with Gasteiger partial charge in [0.25, 0.3) is 46.2 Å². The lowest BCUT2D eigenvalue weighted by Crippen LogP contribution is -2.05. The topological polar surface area (TPSA) is 539 Å². The summed E-state index contributed by atoms with van der Waals surface area (Å²) in [4.78, 5) is 26.4. The molecule has 0 saturated carbocycles. The zero-order valence-electron chi connectivity index (χ0n) is 34.7. The van der Waals surface area contributed by atoms with Gasteiger partial charge in [0.05, 0.1) is 40.3 Å². The molecular weight excluding hydrogens is 1080 g/mol. The third-order valence-corrected chi connectivity index (χ3v) is 14.0. The second-order valence-electron chi connectivity index (χ2n) is 13.9. The summed E-state index contributed by atoms with van der Waals surface area (Å²) < 4.78 is 181. The van der Waals surface area contributed by atoms with E-state index in [-0.39, 0.29) is 6.07 Å². The minimum Gasteiger partial charge on any atom is -0.505 e. The molecule has 0 aliphatic carbocycles. The summed E-state index contributed by atoms with van der Waals surface area (Å²) in [5, 5.41) is 70.5. The number of aromatic carboxylic acids is 2. The highest BCUT2D eigenvalue weighted by Crippen LogP contribution is 2.50. The molecule has 6 rings (SSSR count). The Morgan fingerprint density at radius 1 is 0.556 bits per heavy atom. The summed E-state index contributed by atoms with van der Waals surface area (Å²) in [7, 11) is -27.2. The number of carboxylic acid groups (broad SMARTS) is 2. The largest absolute Gasteiger partial charge is 0.505 e. The molecule has 0 heterocycles. The first-order chi connectivity index (χ1) is 33.1. The molecule has 0 aliphatic rings. The molecule has 0 aromatic heterocycles. The number of rotatable bonds is 15. The molecule has 0 bridgehead atoms. The van der Waals surface area contributed by atoms with Gasteiger partial charge in [0.2, 0.25) is 0 Å². The molecule has 0 amide bonds. The summed E-state index contributed by atoms with van der Waals surface area (Å²) in [6, 6.07) is 5.42. The van der Waals surface area contributed by atoms with Crippen LogP contribution in [0.3, 0.4) is 0 Å². The SMILES string of the molecule is COc1cc([N+](=O)[O-])c(S(=O)(=O)O)cc1N=Nc1c(S(=O)(=O)O)cc2c(S(=O)(=O)O)cc(N=Nc3ccc4c(O)c(N=Nc5cc(C(=O)O)ccc5C(=O)O)c(S(=O)(=O)O)cc4c3S(=O)(=O)O)c(N)c2c1O. The Morgan fingerprint density at radius 2 is 1.06 bits per heavy atom. The van der Waals surface area contributed by atoms with Gasteiger partial charge in [0, 0.05) is 16.2 Å². The molecule has 0 fully saturated rings. The number of hydrogen-bond acceptors (Lipinski definition) is 24. The van der Waals surface area contributed by atoms with Crippen molar-refractivity contribution in [1.82, 2.24) is 0 Å². The van der Waals surface area contributed by atoms with E-state index in [0.29, 0.717) is 36.4 Å². The average Bonchev–Trinajstić information content (AvgIpc) is 3.25. The Hall–Kier alpha value is -8.27. The molecule has 0 saturated heterocycles. The number of nitrogens with zero attached hydrogens (tertiary/aromatic N) is 7. The predicted molar refractivity (Wildman–Crippen MR) is 237 cm³/mol. The van der Waals surface area contributed by atoms with Crippen molar-refractivity contribution >= 4 is 130 Å². The third-order valence-electron chi connectivity index (χ3n) is 9.56. The van der Waals surface area contributed by atoms with E-state index in [1.54, 1.807) is 0 Å². The van der Waals surface area contributed by atoms with Crippen molar-refractivity contribution in [2.24, 2.45) is 30.7 Å². The van der Waals surface area contributed by atoms with Gasteiger partial charge in [-0.25, -0.2) is 9.59 Å². The number of benzene rings is 6. The molecule has 11 N–H and O–H groups in total. The van der Waals surface area contributed by atoms with Crippen LogP contribution < -0.4 is 10.5 Å². The standard InChI is InChI=1S/C35H24N8O24S5/c1-67-22-11-21(43(50)51)24(69(55,56)57)9-19(22)39-42-30-26(71(61,62)63)8-16-23(68(52,53)54)10-20(28(36)27(16)32(30)45)40-37-17-5-4-13-15(33(17)72(64,65)66)7-25(70(58,59)60)29(31(13)44)41-38-18-6-12(34(46)47)2-3-14(18)35(48)49/h2-11,44-45H,36H2,1H3,(H,46,47)(H,48,49)(H,52,53,54)(H,55,56,57)(H,58,59,60)(H,61,62,63)(H,64,65,66). The number of carboxylic acids is 2. The van der Waals surface area contributed by atoms with E-state index >= 15 is 0 Å². The number of nitrogen functional groups attached to an aromatic ring is 1. The highest BCUT2D eigenvalue weighted by molar-refractivity contribution is 7.87. The first-order valence-electron chi connectivity index (χ1n) is 18.1. The zero-order chi connectivity index (χ0) is 54.0. The van der Waals surface area contributed by atoms with Gasteiger partial charge in [0.1, 0.15) is 53.7 Å². The van der Waals surface area contributed by atoms with Gasteiger partial charge in [-0.1, -0.05) is 0 Å². The van der Waals surface area contributed by atoms with E-state index in [1.807, 2.05) is 0 Å². The second kappa shape index (κ2) is 18.5. The van der Waals surface area contributed by atoms with Crippen molar-refractivity contribution < 1.29 is 105 Å². The van der Waals surface area contributed by atoms with Crippen molar-refractivity contribution in [3.05, 3.63) is 81.9 Å². The van der Waals surface area contributed by atoms with Gasteiger partial charge in [-0.15, -0.1) is 30.7 Å². The molecule has 0 unspecified atom stereocenters. The first-order valence-corrected chi connectivity index (χ1v) is 25.3. The molecule has 37 heteroatoms. The van der Waals surface area contributed by atoms with E-state index in [9.17, 15) is 105 Å². The van der Waals surface area contributed by atoms with Crippen molar-refractivity contribution in [3.8, 4) is 17.2 Å². The van der Waals surface area contributed by atoms with Gasteiger partial charge in [-0.05, 0) is 54.6 Å². The van der Waals surface area contributed by atoms with Gasteiger partial charge in [0.15, 0.2) is 22.1 Å². The van der Waals surface area contributed by atoms with E-state index in [1.165, 1.54) is 0 Å². The number of carbonyl (C=O) groups is 2. The number of methoxy groups -OCH3 is 1. The van der Waals surface area contributed by atoms with Crippen molar-refractivity contribution in [1.29, 1.82) is 0 Å². The molecule has 6 aromatic carbocycles. The highest BCUT2D eigenvalue weighted by atomic mass is 32.2. The number of anilines is 1. The number of aromatic hydroxyl groups is 2. The summed E-state index contributed by atoms with van der Waals surface area (Å²) in [6.45, 7) is 0. The average molecular weight is 1100 g/mol. The van der Waals surface area contributed by atoms with Gasteiger partial charge >= 0.3 is 22.1 Å². The maximum absolute atomic E-state index is 13.0. The number of phenolic OH excluding ortho intramolecular Hbond substituents is 2. The second-order valence-corrected chi connectivity index (χ2v) is 20.9. The normalized spacial score (nSPS) is 12.9. The quantitative estimate of drug-likeness (QED) is 0.0191. The van der Waals surface area contributed by atoms with Crippen LogP contribution in [0.2, 0.25) is 0 Å². The Morgan fingerprint density at radius 3 is 1.56 bits per heavy atom. The van der Waals surface area contributed by atoms with Crippen LogP contribution >= 0.6 is 0 Å². The smallest absolute Gasteiger partial charge is 0.337 e. The fourth-order valence-electron chi connectivity index (χ4n) is 6.50. The van der Waals surface area contributed by atoms with Gasteiger partial charge < -0.3 is 30.9 Å². The van der Waals surface area contributed by atoms with Crippen LogP contribution in [0.4, 0.5) is 45.5 Å². The van der Waals surface area contributed by atoms with Crippen molar-refractivity contribution in [3.63, 3.8) is 0 Å². The van der Waals surface area contributed by atoms with Gasteiger partial charge in [-0.3, -0.25) is 32.9 Å². The Bertz CT molecular complexity index is 4130. The van der Waals surface area contributed by atoms with E-state index in [2.05, 4.69) is 30.7 Å². The Balaban J connectivity index is 1.61. The van der Waals surface area contributed by atoms with Crippen LogP contribution in [0.1, 0.15) is 20.7 Å². The van der Waals surface area contributed by atoms with Crippen molar-refractivity contribution in [2.75, 3.05) is 12.8 Å². The molecule has 6 aromatic rings. The number of phenols is 2. The molecular formula is C35H24N8O24S5. The fraction of sp³-hybridized carbons (Fsp3) is 0.0286. The lowest BCUT2D eigenvalue weighted by atomic mass is 10.0. The molecule has 0 radical (unpaired) electrons. The lowest BCUT2D eigenvalue weighted by molar-refractivity contribution is -0.387. The maximum Gasteiger partial charge on any atom is 0.337 e. The number of azo groups is 3. The lowest BCUT2D eigenvalue weighted by Gasteiger charge is -2.15. The summed E-state index contributed by atoms with van der Waals surface area (Å²) in [6.07, 6.45) is 0. The summed E-state index contributed by atoms with van der Waals surface area (Å²) >= 11 is 0. The van der Waals surface area contributed by atoms with Crippen LogP contribution in [0.15, 0.2) is 116 Å². The monoisotopic (exact) mass is 1100 g/mol. The molecule has 0 atom stereocenters. The highest BCUT2D eigenvalue weighted by Gasteiger charge is 2.32. The number of nitro benzene ring substituents is 1. The van der Waals surface area contributed by atoms with Crippen molar-refractivity contribution in [2.45, 2.75) is 24.5 Å². The molecule has 0 spiro atoms. The summed E-state index contributed by atoms with van der Waals surface area (Å²) in [5.74, 6) is -6.81. The van der Waals surface area contributed by atoms with Crippen LogP contribution in [-0.4, -0.2) is 109 Å². The Kier molecular flexibility index (Phi) is 13.6. The number of nitro groups is 1. The Labute approximate surface area is 399 Å². The molecule has 72 heavy (non-hydrogen) atoms. The third kappa shape index (κ3) is 10.3. The summed E-state index contributed by atoms with van der Waals surface area (Å²) in [5.41, 5.74) is -3.42. The number of ether oxygens (including phenoxy) is 1. The maximum atomic E-state index is 13.0. The van der Waals surface area contributed by atoms with Gasteiger partial charge in [-0.2, -0.15) is 42.1 Å².